The average Bonchev–Trinajstić information content (AvgIpc) is 2.78. The number of amides is 1. The predicted octanol–water partition coefficient (Wildman–Crippen LogP) is 3.93. The van der Waals surface area contributed by atoms with E-state index in [0.717, 1.165) is 37.3 Å². The van der Waals surface area contributed by atoms with Crippen molar-refractivity contribution in [3.05, 3.63) is 29.8 Å². The Labute approximate surface area is 174 Å². The number of hydrogen-bond donors (Lipinski definition) is 1. The largest absolute Gasteiger partial charge is 0.484 e. The number of hydrogen-bond acceptors (Lipinski definition) is 5. The molecule has 1 saturated carbocycles. The van der Waals surface area contributed by atoms with Crippen molar-refractivity contribution < 1.29 is 19.1 Å². The maximum absolute atomic E-state index is 12.0. The van der Waals surface area contributed by atoms with Crippen LogP contribution in [0.1, 0.15) is 57.4 Å². The number of carbonyl (C=O) groups is 1. The molecule has 1 heterocycles. The van der Waals surface area contributed by atoms with Gasteiger partial charge in [0.15, 0.2) is 6.61 Å². The molecule has 1 N–H and O–H groups in total. The zero-order chi connectivity index (χ0) is 20.3. The van der Waals surface area contributed by atoms with Crippen LogP contribution < -0.4 is 10.1 Å². The van der Waals surface area contributed by atoms with Crippen molar-refractivity contribution in [3.63, 3.8) is 0 Å². The quantitative estimate of drug-likeness (QED) is 0.502. The van der Waals surface area contributed by atoms with Crippen LogP contribution in [0.4, 0.5) is 0 Å². The first-order valence-electron chi connectivity index (χ1n) is 10.9. The number of ether oxygens (including phenoxy) is 2. The molecule has 1 aromatic carbocycles. The van der Waals surface area contributed by atoms with Gasteiger partial charge in [0, 0.05) is 19.8 Å². The Morgan fingerprint density at radius 3 is 2.52 bits per heavy atom. The third kappa shape index (κ3) is 7.69. The highest BCUT2D eigenvalue weighted by molar-refractivity contribution is 5.98. The fraction of sp³-hybridized carbons (Fsp3) is 0.652. The minimum absolute atomic E-state index is 0.0279. The van der Waals surface area contributed by atoms with Crippen LogP contribution in [0.25, 0.3) is 0 Å². The summed E-state index contributed by atoms with van der Waals surface area (Å²) in [6.07, 6.45) is 8.50. The third-order valence-corrected chi connectivity index (χ3v) is 5.81. The molecule has 0 spiro atoms. The zero-order valence-corrected chi connectivity index (χ0v) is 17.5. The summed E-state index contributed by atoms with van der Waals surface area (Å²) in [5, 5.41) is 7.21. The normalized spacial score (nSPS) is 19.0. The van der Waals surface area contributed by atoms with Gasteiger partial charge >= 0.3 is 0 Å². The fourth-order valence-corrected chi connectivity index (χ4v) is 3.85. The molecule has 6 heteroatoms. The van der Waals surface area contributed by atoms with Gasteiger partial charge in [-0.2, -0.15) is 0 Å². The van der Waals surface area contributed by atoms with Crippen LogP contribution in [0.2, 0.25) is 0 Å². The van der Waals surface area contributed by atoms with Gasteiger partial charge in [-0.05, 0) is 74.3 Å². The number of carbonyl (C=O) groups excluding carboxylic acids is 1. The summed E-state index contributed by atoms with van der Waals surface area (Å²) in [6.45, 7) is 4.96. The van der Waals surface area contributed by atoms with E-state index < -0.39 is 0 Å². The van der Waals surface area contributed by atoms with Gasteiger partial charge in [0.05, 0.1) is 5.71 Å². The van der Waals surface area contributed by atoms with Crippen molar-refractivity contribution in [2.75, 3.05) is 33.0 Å². The summed E-state index contributed by atoms with van der Waals surface area (Å²) in [5.41, 5.74) is 1.84. The van der Waals surface area contributed by atoms with Gasteiger partial charge in [-0.15, -0.1) is 0 Å². The Hall–Kier alpha value is -2.08. The second kappa shape index (κ2) is 11.8. The van der Waals surface area contributed by atoms with E-state index in [9.17, 15) is 4.79 Å². The van der Waals surface area contributed by atoms with Crippen molar-refractivity contribution in [2.24, 2.45) is 17.0 Å². The van der Waals surface area contributed by atoms with E-state index in [0.29, 0.717) is 30.7 Å². The van der Waals surface area contributed by atoms with Gasteiger partial charge in [0.2, 0.25) is 0 Å². The van der Waals surface area contributed by atoms with Crippen LogP contribution in [0.5, 0.6) is 5.75 Å². The van der Waals surface area contributed by atoms with Gasteiger partial charge in [-0.3, -0.25) is 4.79 Å². The lowest BCUT2D eigenvalue weighted by Crippen LogP contribution is -2.35. The molecule has 1 aliphatic carbocycles. The van der Waals surface area contributed by atoms with E-state index in [1.165, 1.54) is 32.1 Å². The summed E-state index contributed by atoms with van der Waals surface area (Å²) in [6, 6.07) is 7.61. The lowest BCUT2D eigenvalue weighted by Gasteiger charge is -2.22. The first-order chi connectivity index (χ1) is 14.2. The standard InChI is InChI=1S/C23H34N2O4/c1-18(25-29-16-20-5-3-2-4-6-20)21-7-9-22(10-8-21)28-17-23(26)24-15-19-11-13-27-14-12-19/h7-10,19-20H,2-6,11-17H2,1H3,(H,24,26)/b25-18-. The van der Waals surface area contributed by atoms with Crippen molar-refractivity contribution in [1.82, 2.24) is 5.32 Å². The predicted molar refractivity (Wildman–Crippen MR) is 113 cm³/mol. The first-order valence-corrected chi connectivity index (χ1v) is 10.9. The van der Waals surface area contributed by atoms with E-state index in [1.807, 2.05) is 31.2 Å². The van der Waals surface area contributed by atoms with Crippen molar-refractivity contribution in [2.45, 2.75) is 51.9 Å². The molecule has 0 radical (unpaired) electrons. The third-order valence-electron chi connectivity index (χ3n) is 5.81. The van der Waals surface area contributed by atoms with Crippen LogP contribution in [0, 0.1) is 11.8 Å². The maximum Gasteiger partial charge on any atom is 0.257 e. The molecule has 1 aliphatic heterocycles. The van der Waals surface area contributed by atoms with E-state index in [-0.39, 0.29) is 12.5 Å². The molecule has 160 valence electrons. The molecule has 29 heavy (non-hydrogen) atoms. The highest BCUT2D eigenvalue weighted by atomic mass is 16.6. The molecule has 0 bridgehead atoms. The number of rotatable bonds is 9. The van der Waals surface area contributed by atoms with Gasteiger partial charge in [-0.1, -0.05) is 24.4 Å². The van der Waals surface area contributed by atoms with E-state index in [2.05, 4.69) is 10.5 Å². The molecular weight excluding hydrogens is 368 g/mol. The van der Waals surface area contributed by atoms with Gasteiger partial charge < -0.3 is 19.6 Å². The Balaban J connectivity index is 1.36. The molecule has 2 fully saturated rings. The first kappa shape index (κ1) is 21.6. The SMILES string of the molecule is C/C(=N/OCC1CCCCC1)c1ccc(OCC(=O)NCC2CCOCC2)cc1. The second-order valence-electron chi connectivity index (χ2n) is 8.15. The van der Waals surface area contributed by atoms with Crippen LogP contribution >= 0.6 is 0 Å². The topological polar surface area (TPSA) is 69.2 Å². The Bertz CT molecular complexity index is 647. The summed E-state index contributed by atoms with van der Waals surface area (Å²) in [4.78, 5) is 17.6. The molecule has 3 rings (SSSR count). The summed E-state index contributed by atoms with van der Waals surface area (Å²) in [7, 11) is 0. The highest BCUT2D eigenvalue weighted by Crippen LogP contribution is 2.23. The minimum atomic E-state index is -0.0885. The molecule has 2 aliphatic rings. The van der Waals surface area contributed by atoms with Crippen LogP contribution in [0.3, 0.4) is 0 Å². The van der Waals surface area contributed by atoms with Crippen molar-refractivity contribution in [1.29, 1.82) is 0 Å². The molecule has 6 nitrogen and oxygen atoms in total. The molecule has 0 aromatic heterocycles. The van der Waals surface area contributed by atoms with Crippen LogP contribution in [-0.4, -0.2) is 44.6 Å². The Kier molecular flexibility index (Phi) is 8.81. The number of oxime groups is 1. The van der Waals surface area contributed by atoms with E-state index >= 15 is 0 Å². The highest BCUT2D eigenvalue weighted by Gasteiger charge is 2.15. The molecule has 1 aromatic rings. The van der Waals surface area contributed by atoms with E-state index in [4.69, 9.17) is 14.3 Å². The molecule has 1 amide bonds. The smallest absolute Gasteiger partial charge is 0.257 e. The summed E-state index contributed by atoms with van der Waals surface area (Å²) < 4.78 is 10.9. The summed E-state index contributed by atoms with van der Waals surface area (Å²) >= 11 is 0. The maximum atomic E-state index is 12.0. The van der Waals surface area contributed by atoms with Crippen LogP contribution in [-0.2, 0) is 14.4 Å². The lowest BCUT2D eigenvalue weighted by atomic mass is 9.90. The van der Waals surface area contributed by atoms with Crippen LogP contribution in [0.15, 0.2) is 29.4 Å². The van der Waals surface area contributed by atoms with Crippen molar-refractivity contribution in [3.8, 4) is 5.75 Å². The monoisotopic (exact) mass is 402 g/mol. The Morgan fingerprint density at radius 2 is 1.79 bits per heavy atom. The lowest BCUT2D eigenvalue weighted by molar-refractivity contribution is -0.123. The zero-order valence-electron chi connectivity index (χ0n) is 17.5. The van der Waals surface area contributed by atoms with Gasteiger partial charge in [-0.25, -0.2) is 0 Å². The average molecular weight is 403 g/mol. The fourth-order valence-electron chi connectivity index (χ4n) is 3.85. The second-order valence-corrected chi connectivity index (χ2v) is 8.15. The number of nitrogens with one attached hydrogen (secondary N) is 1. The van der Waals surface area contributed by atoms with Crippen molar-refractivity contribution >= 4 is 11.6 Å². The van der Waals surface area contributed by atoms with Gasteiger partial charge in [0.1, 0.15) is 12.4 Å². The number of nitrogens with zero attached hydrogens (tertiary/aromatic N) is 1. The molecule has 0 atom stereocenters. The Morgan fingerprint density at radius 1 is 1.07 bits per heavy atom. The number of benzene rings is 1. The summed E-state index contributed by atoms with van der Waals surface area (Å²) in [5.74, 6) is 1.74. The molecular formula is C23H34N2O4. The van der Waals surface area contributed by atoms with E-state index in [1.54, 1.807) is 0 Å². The minimum Gasteiger partial charge on any atom is -0.484 e. The molecule has 1 saturated heterocycles. The van der Waals surface area contributed by atoms with Gasteiger partial charge in [0.25, 0.3) is 5.91 Å². The molecule has 0 unspecified atom stereocenters.